The van der Waals surface area contributed by atoms with E-state index in [4.69, 9.17) is 27.9 Å². The average molecular weight is 317 g/mol. The van der Waals surface area contributed by atoms with Crippen LogP contribution in [0.1, 0.15) is 5.56 Å². The number of hydrogen-bond donors (Lipinski definition) is 1. The number of rotatable bonds is 6. The van der Waals surface area contributed by atoms with Crippen LogP contribution in [-0.4, -0.2) is 25.7 Å². The lowest BCUT2D eigenvalue weighted by molar-refractivity contribution is 0.408. The summed E-state index contributed by atoms with van der Waals surface area (Å²) < 4.78 is 5.25. The molecule has 1 N–H and O–H groups in total. The molecule has 0 aliphatic rings. The average Bonchev–Trinajstić information content (AvgIpc) is 2.24. The third-order valence-electron chi connectivity index (χ3n) is 2.09. The minimum absolute atomic E-state index is 0. The molecular weight excluding hydrogens is 301 g/mol. The highest BCUT2D eigenvalue weighted by Crippen LogP contribution is 2.31. The smallest absolute Gasteiger partial charge is 0.142 e. The number of thioether (sulfide) groups is 1. The van der Waals surface area contributed by atoms with E-state index in [1.165, 1.54) is 0 Å². The van der Waals surface area contributed by atoms with Crippen molar-refractivity contribution in [3.05, 3.63) is 27.7 Å². The number of nitrogens with one attached hydrogen (secondary N) is 1. The maximum atomic E-state index is 6.03. The van der Waals surface area contributed by atoms with E-state index in [2.05, 4.69) is 11.6 Å². The molecule has 0 aliphatic carbocycles. The summed E-state index contributed by atoms with van der Waals surface area (Å²) in [5.41, 5.74) is 0.987. The Kier molecular flexibility index (Phi) is 9.28. The van der Waals surface area contributed by atoms with Crippen LogP contribution in [0.15, 0.2) is 12.1 Å². The Morgan fingerprint density at radius 1 is 1.35 bits per heavy atom. The third kappa shape index (κ3) is 5.58. The second-order valence-electron chi connectivity index (χ2n) is 3.25. The lowest BCUT2D eigenvalue weighted by Crippen LogP contribution is -2.17. The van der Waals surface area contributed by atoms with Gasteiger partial charge in [-0.15, -0.1) is 12.4 Å². The van der Waals surface area contributed by atoms with Gasteiger partial charge in [0.25, 0.3) is 0 Å². The number of hydrogen-bond acceptors (Lipinski definition) is 3. The maximum Gasteiger partial charge on any atom is 0.142 e. The molecule has 1 aromatic rings. The fraction of sp³-hybridized carbons (Fsp3) is 0.455. The molecule has 0 aromatic heterocycles. The number of benzene rings is 1. The van der Waals surface area contributed by atoms with Crippen molar-refractivity contribution in [2.45, 2.75) is 6.54 Å². The van der Waals surface area contributed by atoms with Gasteiger partial charge < -0.3 is 10.1 Å². The Hall–Kier alpha value is 0.200. The largest absolute Gasteiger partial charge is 0.495 e. The van der Waals surface area contributed by atoms with Crippen molar-refractivity contribution in [1.82, 2.24) is 5.32 Å². The van der Waals surface area contributed by atoms with Crippen LogP contribution < -0.4 is 10.1 Å². The van der Waals surface area contributed by atoms with Crippen molar-refractivity contribution in [3.8, 4) is 5.75 Å². The lowest BCUT2D eigenvalue weighted by Gasteiger charge is -2.11. The lowest BCUT2D eigenvalue weighted by atomic mass is 10.2. The maximum absolute atomic E-state index is 6.03. The Morgan fingerprint density at radius 2 is 2.06 bits per heavy atom. The molecule has 0 saturated carbocycles. The summed E-state index contributed by atoms with van der Waals surface area (Å²) in [7, 11) is 1.61. The summed E-state index contributed by atoms with van der Waals surface area (Å²) in [6.45, 7) is 1.67. The molecule has 0 spiro atoms. The van der Waals surface area contributed by atoms with Gasteiger partial charge in [0.1, 0.15) is 5.75 Å². The summed E-state index contributed by atoms with van der Waals surface area (Å²) in [6.07, 6.45) is 2.08. The van der Waals surface area contributed by atoms with Gasteiger partial charge in [0.05, 0.1) is 12.1 Å². The molecule has 0 bridgehead atoms. The SMILES string of the molecule is COc1c(Cl)cc(Cl)cc1CNCCSC.Cl. The first-order valence-electron chi connectivity index (χ1n) is 4.90. The minimum Gasteiger partial charge on any atom is -0.495 e. The van der Waals surface area contributed by atoms with E-state index >= 15 is 0 Å². The van der Waals surface area contributed by atoms with E-state index in [0.717, 1.165) is 17.9 Å². The molecule has 2 nitrogen and oxygen atoms in total. The van der Waals surface area contributed by atoms with Gasteiger partial charge in [0, 0.05) is 29.4 Å². The van der Waals surface area contributed by atoms with Crippen molar-refractivity contribution >= 4 is 47.4 Å². The molecule has 0 aliphatic heterocycles. The fourth-order valence-electron chi connectivity index (χ4n) is 1.37. The van der Waals surface area contributed by atoms with Gasteiger partial charge in [-0.05, 0) is 18.4 Å². The molecule has 0 amide bonds. The second-order valence-corrected chi connectivity index (χ2v) is 5.08. The fourth-order valence-corrected chi connectivity index (χ4v) is 2.33. The first-order valence-corrected chi connectivity index (χ1v) is 7.05. The van der Waals surface area contributed by atoms with Gasteiger partial charge in [-0.25, -0.2) is 0 Å². The predicted molar refractivity (Wildman–Crippen MR) is 80.4 cm³/mol. The van der Waals surface area contributed by atoms with Crippen molar-refractivity contribution in [1.29, 1.82) is 0 Å². The summed E-state index contributed by atoms with van der Waals surface area (Å²) >= 11 is 13.8. The zero-order valence-electron chi connectivity index (χ0n) is 9.76. The van der Waals surface area contributed by atoms with Crippen molar-refractivity contribution in [3.63, 3.8) is 0 Å². The molecule has 0 saturated heterocycles. The number of methoxy groups -OCH3 is 1. The van der Waals surface area contributed by atoms with Gasteiger partial charge in [-0.3, -0.25) is 0 Å². The van der Waals surface area contributed by atoms with Crippen LogP contribution in [-0.2, 0) is 6.54 Å². The van der Waals surface area contributed by atoms with Crippen LogP contribution in [0.2, 0.25) is 10.0 Å². The van der Waals surface area contributed by atoms with Gasteiger partial charge in [-0.1, -0.05) is 23.2 Å². The van der Waals surface area contributed by atoms with Crippen LogP contribution in [0.5, 0.6) is 5.75 Å². The standard InChI is InChI=1S/C11H15Cl2NOS.ClH/c1-15-11-8(7-14-3-4-16-2)5-9(12)6-10(11)13;/h5-6,14H,3-4,7H2,1-2H3;1H. The summed E-state index contributed by atoms with van der Waals surface area (Å²) in [4.78, 5) is 0. The Balaban J connectivity index is 0.00000256. The Labute approximate surface area is 123 Å². The van der Waals surface area contributed by atoms with Crippen molar-refractivity contribution < 1.29 is 4.74 Å². The van der Waals surface area contributed by atoms with Crippen LogP contribution in [0.25, 0.3) is 0 Å². The van der Waals surface area contributed by atoms with Crippen molar-refractivity contribution in [2.24, 2.45) is 0 Å². The highest BCUT2D eigenvalue weighted by atomic mass is 35.5. The molecule has 98 valence electrons. The number of ether oxygens (including phenoxy) is 1. The zero-order chi connectivity index (χ0) is 12.0. The van der Waals surface area contributed by atoms with E-state index in [1.54, 1.807) is 13.2 Å². The quantitative estimate of drug-likeness (QED) is 0.805. The van der Waals surface area contributed by atoms with E-state index in [1.807, 2.05) is 17.8 Å². The van der Waals surface area contributed by atoms with Crippen molar-refractivity contribution in [2.75, 3.05) is 25.7 Å². The molecule has 0 fully saturated rings. The van der Waals surface area contributed by atoms with E-state index in [9.17, 15) is 0 Å². The monoisotopic (exact) mass is 315 g/mol. The predicted octanol–water partition coefficient (Wildman–Crippen LogP) is 3.88. The molecule has 1 rings (SSSR count). The van der Waals surface area contributed by atoms with E-state index in [0.29, 0.717) is 22.3 Å². The molecule has 0 heterocycles. The molecule has 1 aromatic carbocycles. The molecule has 0 atom stereocenters. The van der Waals surface area contributed by atoms with Gasteiger partial charge in [-0.2, -0.15) is 11.8 Å². The molecule has 6 heteroatoms. The normalized spacial score (nSPS) is 9.88. The first-order chi connectivity index (χ1) is 7.69. The van der Waals surface area contributed by atoms with Gasteiger partial charge in [0.2, 0.25) is 0 Å². The van der Waals surface area contributed by atoms with Crippen LogP contribution in [0, 0.1) is 0 Å². The third-order valence-corrected chi connectivity index (χ3v) is 3.20. The minimum atomic E-state index is 0. The molecule has 0 unspecified atom stereocenters. The summed E-state index contributed by atoms with van der Waals surface area (Å²) in [6, 6.07) is 3.56. The van der Waals surface area contributed by atoms with E-state index < -0.39 is 0 Å². The van der Waals surface area contributed by atoms with Gasteiger partial charge >= 0.3 is 0 Å². The summed E-state index contributed by atoms with van der Waals surface area (Å²) in [5.74, 6) is 1.78. The molecular formula is C11H16Cl3NOS. The van der Waals surface area contributed by atoms with Crippen LogP contribution >= 0.6 is 47.4 Å². The Bertz CT molecular complexity index is 350. The van der Waals surface area contributed by atoms with Crippen LogP contribution in [0.3, 0.4) is 0 Å². The van der Waals surface area contributed by atoms with E-state index in [-0.39, 0.29) is 12.4 Å². The zero-order valence-corrected chi connectivity index (χ0v) is 12.9. The molecule has 0 radical (unpaired) electrons. The highest BCUT2D eigenvalue weighted by molar-refractivity contribution is 7.98. The Morgan fingerprint density at radius 3 is 2.65 bits per heavy atom. The highest BCUT2D eigenvalue weighted by Gasteiger charge is 2.09. The first kappa shape index (κ1) is 17.2. The van der Waals surface area contributed by atoms with Crippen LogP contribution in [0.4, 0.5) is 0 Å². The van der Waals surface area contributed by atoms with Gasteiger partial charge in [0.15, 0.2) is 0 Å². The molecule has 17 heavy (non-hydrogen) atoms. The second kappa shape index (κ2) is 9.17. The topological polar surface area (TPSA) is 21.3 Å². The summed E-state index contributed by atoms with van der Waals surface area (Å²) in [5, 5.41) is 4.50. The number of halogens is 3.